The van der Waals surface area contributed by atoms with Crippen molar-refractivity contribution in [1.82, 2.24) is 4.98 Å². The average molecular weight is 287 g/mol. The molecule has 19 heavy (non-hydrogen) atoms. The van der Waals surface area contributed by atoms with Crippen LogP contribution in [0.5, 0.6) is 0 Å². The summed E-state index contributed by atoms with van der Waals surface area (Å²) < 4.78 is 5.16. The van der Waals surface area contributed by atoms with Gasteiger partial charge in [-0.2, -0.15) is 0 Å². The third-order valence-corrected chi connectivity index (χ3v) is 2.33. The summed E-state index contributed by atoms with van der Waals surface area (Å²) in [6, 6.07) is 1.23. The molecule has 0 spiro atoms. The minimum atomic E-state index is -1.14. The number of halogens is 1. The third-order valence-electron chi connectivity index (χ3n) is 2.05. The van der Waals surface area contributed by atoms with E-state index in [-0.39, 0.29) is 16.4 Å². The first-order valence-electron chi connectivity index (χ1n) is 5.47. The molecule has 104 valence electrons. The van der Waals surface area contributed by atoms with Gasteiger partial charge in [0.15, 0.2) is 5.82 Å². The topological polar surface area (TPSA) is 79.7 Å². The van der Waals surface area contributed by atoms with E-state index in [1.54, 1.807) is 20.8 Å². The Hall–Kier alpha value is -1.82. The molecule has 0 saturated carbocycles. The summed E-state index contributed by atoms with van der Waals surface area (Å²) in [5.41, 5.74) is -0.690. The Morgan fingerprint density at radius 2 is 2.00 bits per heavy atom. The molecule has 1 aromatic heterocycles. The monoisotopic (exact) mass is 286 g/mol. The van der Waals surface area contributed by atoms with Gasteiger partial charge < -0.3 is 9.84 Å². The number of carboxylic acid groups (broad SMARTS) is 1. The summed E-state index contributed by atoms with van der Waals surface area (Å²) >= 11 is 5.91. The molecule has 0 fully saturated rings. The summed E-state index contributed by atoms with van der Waals surface area (Å²) in [6.07, 6.45) is 0.509. The highest BCUT2D eigenvalue weighted by Gasteiger charge is 2.23. The van der Waals surface area contributed by atoms with Crippen LogP contribution in [0.15, 0.2) is 12.3 Å². The zero-order valence-corrected chi connectivity index (χ0v) is 11.9. The fourth-order valence-electron chi connectivity index (χ4n) is 1.21. The lowest BCUT2D eigenvalue weighted by atomic mass is 10.2. The molecular formula is C12H15ClN2O4. The van der Waals surface area contributed by atoms with E-state index in [0.29, 0.717) is 0 Å². The number of rotatable bonds is 2. The number of hydrogen-bond acceptors (Lipinski definition) is 4. The SMILES string of the molecule is CN(C(=O)OC(C)(C)C)c1ncc(C(=O)O)cc1Cl. The molecule has 6 nitrogen and oxygen atoms in total. The van der Waals surface area contributed by atoms with Crippen LogP contribution >= 0.6 is 11.6 Å². The van der Waals surface area contributed by atoms with Gasteiger partial charge in [-0.1, -0.05) is 11.6 Å². The third kappa shape index (κ3) is 4.10. The number of amides is 1. The van der Waals surface area contributed by atoms with E-state index < -0.39 is 17.7 Å². The molecule has 0 unspecified atom stereocenters. The van der Waals surface area contributed by atoms with Gasteiger partial charge in [-0.15, -0.1) is 0 Å². The number of ether oxygens (including phenoxy) is 1. The first kappa shape index (κ1) is 15.2. The van der Waals surface area contributed by atoms with Crippen LogP contribution in [0.3, 0.4) is 0 Å². The molecule has 1 amide bonds. The van der Waals surface area contributed by atoms with Crippen molar-refractivity contribution in [1.29, 1.82) is 0 Å². The highest BCUT2D eigenvalue weighted by Crippen LogP contribution is 2.24. The lowest BCUT2D eigenvalue weighted by Gasteiger charge is -2.24. The summed E-state index contributed by atoms with van der Waals surface area (Å²) in [6.45, 7) is 5.21. The number of aromatic carboxylic acids is 1. The van der Waals surface area contributed by atoms with Crippen LogP contribution in [-0.4, -0.2) is 34.8 Å². The maximum absolute atomic E-state index is 11.8. The van der Waals surface area contributed by atoms with Crippen molar-refractivity contribution in [2.24, 2.45) is 0 Å². The summed E-state index contributed by atoms with van der Waals surface area (Å²) in [5.74, 6) is -0.998. The summed E-state index contributed by atoms with van der Waals surface area (Å²) in [4.78, 5) is 27.6. The van der Waals surface area contributed by atoms with Gasteiger partial charge in [0.05, 0.1) is 10.6 Å². The van der Waals surface area contributed by atoms with Gasteiger partial charge in [-0.25, -0.2) is 14.6 Å². The standard InChI is InChI=1S/C12H15ClN2O4/c1-12(2,3)19-11(18)15(4)9-8(13)5-7(6-14-9)10(16)17/h5-6H,1-4H3,(H,16,17). The Labute approximate surface area is 115 Å². The molecule has 1 N–H and O–H groups in total. The maximum Gasteiger partial charge on any atom is 0.415 e. The van der Waals surface area contributed by atoms with Crippen molar-refractivity contribution in [3.05, 3.63) is 22.8 Å². The normalized spacial score (nSPS) is 11.0. The first-order valence-corrected chi connectivity index (χ1v) is 5.85. The number of carboxylic acids is 1. The van der Waals surface area contributed by atoms with E-state index in [0.717, 1.165) is 11.1 Å². The maximum atomic E-state index is 11.8. The minimum Gasteiger partial charge on any atom is -0.478 e. The molecule has 0 bridgehead atoms. The lowest BCUT2D eigenvalue weighted by molar-refractivity contribution is 0.0588. The van der Waals surface area contributed by atoms with Crippen molar-refractivity contribution in [3.8, 4) is 0 Å². The van der Waals surface area contributed by atoms with E-state index in [9.17, 15) is 9.59 Å². The number of anilines is 1. The van der Waals surface area contributed by atoms with E-state index in [1.807, 2.05) is 0 Å². The van der Waals surface area contributed by atoms with Crippen LogP contribution in [0.2, 0.25) is 5.02 Å². The average Bonchev–Trinajstić information content (AvgIpc) is 2.25. The molecule has 0 aliphatic carbocycles. The number of pyridine rings is 1. The van der Waals surface area contributed by atoms with E-state index in [2.05, 4.69) is 4.98 Å². The smallest absolute Gasteiger partial charge is 0.415 e. The Kier molecular flexibility index (Phi) is 4.36. The molecule has 0 aliphatic heterocycles. The molecule has 1 heterocycles. The largest absolute Gasteiger partial charge is 0.478 e. The number of nitrogens with zero attached hydrogens (tertiary/aromatic N) is 2. The van der Waals surface area contributed by atoms with Gasteiger partial charge in [-0.05, 0) is 26.8 Å². The van der Waals surface area contributed by atoms with Crippen molar-refractivity contribution in [2.45, 2.75) is 26.4 Å². The van der Waals surface area contributed by atoms with Gasteiger partial charge >= 0.3 is 12.1 Å². The van der Waals surface area contributed by atoms with Gasteiger partial charge in [0.1, 0.15) is 5.60 Å². The molecule has 0 atom stereocenters. The molecule has 0 aromatic carbocycles. The molecule has 0 saturated heterocycles. The second-order valence-electron chi connectivity index (χ2n) is 4.87. The highest BCUT2D eigenvalue weighted by molar-refractivity contribution is 6.33. The quantitative estimate of drug-likeness (QED) is 0.904. The van der Waals surface area contributed by atoms with Gasteiger partial charge in [0.25, 0.3) is 0 Å². The lowest BCUT2D eigenvalue weighted by Crippen LogP contribution is -2.34. The summed E-state index contributed by atoms with van der Waals surface area (Å²) in [5, 5.41) is 8.86. The van der Waals surface area contributed by atoms with Crippen LogP contribution in [0.25, 0.3) is 0 Å². The van der Waals surface area contributed by atoms with Crippen LogP contribution in [0, 0.1) is 0 Å². The van der Waals surface area contributed by atoms with Crippen LogP contribution in [0.4, 0.5) is 10.6 Å². The molecule has 7 heteroatoms. The van der Waals surface area contributed by atoms with Crippen molar-refractivity contribution >= 4 is 29.5 Å². The van der Waals surface area contributed by atoms with Crippen molar-refractivity contribution in [3.63, 3.8) is 0 Å². The summed E-state index contributed by atoms with van der Waals surface area (Å²) in [7, 11) is 1.45. The van der Waals surface area contributed by atoms with Crippen LogP contribution in [0.1, 0.15) is 31.1 Å². The van der Waals surface area contributed by atoms with Crippen molar-refractivity contribution in [2.75, 3.05) is 11.9 Å². The Morgan fingerprint density at radius 3 is 2.42 bits per heavy atom. The second-order valence-corrected chi connectivity index (χ2v) is 5.28. The van der Waals surface area contributed by atoms with E-state index in [4.69, 9.17) is 21.4 Å². The van der Waals surface area contributed by atoms with Crippen molar-refractivity contribution < 1.29 is 19.4 Å². The van der Waals surface area contributed by atoms with Gasteiger partial charge in [-0.3, -0.25) is 4.90 Å². The molecule has 1 rings (SSSR count). The van der Waals surface area contributed by atoms with Crippen LogP contribution < -0.4 is 4.90 Å². The highest BCUT2D eigenvalue weighted by atomic mass is 35.5. The second kappa shape index (κ2) is 5.44. The Bertz CT molecular complexity index is 511. The first-order chi connectivity index (χ1) is 8.61. The van der Waals surface area contributed by atoms with Gasteiger partial charge in [0, 0.05) is 13.2 Å². The van der Waals surface area contributed by atoms with Crippen LogP contribution in [-0.2, 0) is 4.74 Å². The number of carbonyl (C=O) groups is 2. The Balaban J connectivity index is 2.97. The zero-order chi connectivity index (χ0) is 14.8. The van der Waals surface area contributed by atoms with E-state index in [1.165, 1.54) is 13.1 Å². The molecule has 1 aromatic rings. The molecule has 0 radical (unpaired) electrons. The zero-order valence-electron chi connectivity index (χ0n) is 11.1. The minimum absolute atomic E-state index is 0.0497. The number of hydrogen-bond donors (Lipinski definition) is 1. The van der Waals surface area contributed by atoms with Gasteiger partial charge in [0.2, 0.25) is 0 Å². The van der Waals surface area contributed by atoms with E-state index >= 15 is 0 Å². The molecule has 0 aliphatic rings. The number of aromatic nitrogens is 1. The fraction of sp³-hybridized carbons (Fsp3) is 0.417. The predicted molar refractivity (Wildman–Crippen MR) is 70.8 cm³/mol. The predicted octanol–water partition coefficient (Wildman–Crippen LogP) is 2.80. The fourth-order valence-corrected chi connectivity index (χ4v) is 1.50. The molecular weight excluding hydrogens is 272 g/mol. The Morgan fingerprint density at radius 1 is 1.42 bits per heavy atom. The number of carbonyl (C=O) groups excluding carboxylic acids is 1.